The van der Waals surface area contributed by atoms with Gasteiger partial charge in [0, 0.05) is 13.2 Å². The molecule has 0 fully saturated rings. The molecule has 0 aliphatic rings. The van der Waals surface area contributed by atoms with Gasteiger partial charge in [-0.1, -0.05) is 0 Å². The Bertz CT molecular complexity index is 576. The van der Waals surface area contributed by atoms with Crippen molar-refractivity contribution >= 4 is 11.8 Å². The monoisotopic (exact) mass is 252 g/mol. The van der Waals surface area contributed by atoms with Gasteiger partial charge in [-0.15, -0.1) is 5.10 Å². The van der Waals surface area contributed by atoms with E-state index in [9.17, 15) is 9.90 Å². The van der Waals surface area contributed by atoms with Gasteiger partial charge in [-0.05, 0) is 36.4 Å². The Labute approximate surface area is 102 Å². The molecule has 2 aromatic heterocycles. The van der Waals surface area contributed by atoms with Crippen LogP contribution in [0.15, 0.2) is 33.3 Å². The number of aliphatic hydroxyl groups is 1. The second kappa shape index (κ2) is 4.72. The lowest BCUT2D eigenvalue weighted by Crippen LogP contribution is -2.12. The topological polar surface area (TPSA) is 83.8 Å². The number of nitrogens with zero attached hydrogens (tertiary/aromatic N) is 3. The molecule has 1 atom stereocenters. The summed E-state index contributed by atoms with van der Waals surface area (Å²) in [5, 5.41) is 16.9. The van der Waals surface area contributed by atoms with Crippen LogP contribution in [0.5, 0.6) is 0 Å². The van der Waals surface area contributed by atoms with Gasteiger partial charge in [-0.3, -0.25) is 4.57 Å². The summed E-state index contributed by atoms with van der Waals surface area (Å²) < 4.78 is 1.40. The SMILES string of the molecule is C[C@H](O)c1ccnc(Sc2n[nH]c(=O)n2C)c1. The Balaban J connectivity index is 2.27. The third kappa shape index (κ3) is 2.56. The van der Waals surface area contributed by atoms with Crippen LogP contribution in [0.1, 0.15) is 18.6 Å². The fourth-order valence-corrected chi connectivity index (χ4v) is 2.06. The molecule has 90 valence electrons. The molecule has 0 unspecified atom stereocenters. The molecular formula is C10H12N4O2S. The van der Waals surface area contributed by atoms with E-state index in [-0.39, 0.29) is 5.69 Å². The molecule has 0 saturated carbocycles. The molecule has 0 spiro atoms. The molecule has 0 saturated heterocycles. The van der Waals surface area contributed by atoms with E-state index in [1.165, 1.54) is 16.3 Å². The number of H-pyrrole nitrogens is 1. The first-order chi connectivity index (χ1) is 8.08. The predicted molar refractivity (Wildman–Crippen MR) is 62.8 cm³/mol. The fraction of sp³-hybridized carbons (Fsp3) is 0.300. The number of pyridine rings is 1. The van der Waals surface area contributed by atoms with Crippen LogP contribution >= 0.6 is 11.8 Å². The lowest BCUT2D eigenvalue weighted by molar-refractivity contribution is 0.199. The van der Waals surface area contributed by atoms with E-state index in [4.69, 9.17) is 0 Å². The molecule has 2 rings (SSSR count). The minimum Gasteiger partial charge on any atom is -0.389 e. The van der Waals surface area contributed by atoms with Crippen molar-refractivity contribution < 1.29 is 5.11 Å². The summed E-state index contributed by atoms with van der Waals surface area (Å²) in [6.07, 6.45) is 1.08. The number of aliphatic hydroxyl groups excluding tert-OH is 1. The summed E-state index contributed by atoms with van der Waals surface area (Å²) in [6, 6.07) is 3.52. The lowest BCUT2D eigenvalue weighted by Gasteiger charge is -2.05. The number of rotatable bonds is 3. The minimum atomic E-state index is -0.541. The summed E-state index contributed by atoms with van der Waals surface area (Å²) in [4.78, 5) is 15.3. The molecule has 2 heterocycles. The zero-order chi connectivity index (χ0) is 12.4. The van der Waals surface area contributed by atoms with Gasteiger partial charge in [0.15, 0.2) is 5.16 Å². The molecule has 17 heavy (non-hydrogen) atoms. The molecule has 0 aliphatic heterocycles. The molecular weight excluding hydrogens is 240 g/mol. The van der Waals surface area contributed by atoms with Gasteiger partial charge in [0.25, 0.3) is 0 Å². The quantitative estimate of drug-likeness (QED) is 0.840. The molecule has 0 radical (unpaired) electrons. The van der Waals surface area contributed by atoms with E-state index >= 15 is 0 Å². The second-order valence-electron chi connectivity index (χ2n) is 3.58. The number of nitrogens with one attached hydrogen (secondary N) is 1. The van der Waals surface area contributed by atoms with Crippen LogP contribution < -0.4 is 5.69 Å². The number of hydrogen-bond acceptors (Lipinski definition) is 5. The van der Waals surface area contributed by atoms with Crippen LogP contribution in [0.3, 0.4) is 0 Å². The molecule has 0 bridgehead atoms. The van der Waals surface area contributed by atoms with E-state index in [0.717, 1.165) is 5.56 Å². The van der Waals surface area contributed by atoms with Gasteiger partial charge in [0.1, 0.15) is 5.03 Å². The maximum absolute atomic E-state index is 11.2. The summed E-state index contributed by atoms with van der Waals surface area (Å²) >= 11 is 1.26. The molecule has 7 heteroatoms. The van der Waals surface area contributed by atoms with Gasteiger partial charge in [0.2, 0.25) is 0 Å². The largest absolute Gasteiger partial charge is 0.389 e. The Hall–Kier alpha value is -1.60. The first kappa shape index (κ1) is 11.9. The molecule has 0 amide bonds. The van der Waals surface area contributed by atoms with Gasteiger partial charge < -0.3 is 5.11 Å². The van der Waals surface area contributed by atoms with Crippen LogP contribution in [-0.4, -0.2) is 24.9 Å². The standard InChI is InChI=1S/C10H12N4O2S/c1-6(15)7-3-4-11-8(5-7)17-10-13-12-9(16)14(10)2/h3-6,15H,1-2H3,(H,12,16)/t6-/m0/s1. The number of hydrogen-bond donors (Lipinski definition) is 2. The molecule has 6 nitrogen and oxygen atoms in total. The van der Waals surface area contributed by atoms with Gasteiger partial charge >= 0.3 is 5.69 Å². The molecule has 2 N–H and O–H groups in total. The minimum absolute atomic E-state index is 0.265. The highest BCUT2D eigenvalue weighted by Crippen LogP contribution is 2.24. The van der Waals surface area contributed by atoms with Gasteiger partial charge in [-0.2, -0.15) is 0 Å². The fourth-order valence-electron chi connectivity index (χ4n) is 1.26. The average molecular weight is 252 g/mol. The summed E-state index contributed by atoms with van der Waals surface area (Å²) in [5.74, 6) is 0. The van der Waals surface area contributed by atoms with Crippen molar-refractivity contribution in [3.05, 3.63) is 34.4 Å². The predicted octanol–water partition coefficient (Wildman–Crippen LogP) is 0.708. The third-order valence-corrected chi connectivity index (χ3v) is 3.26. The number of aromatic amines is 1. The van der Waals surface area contributed by atoms with Gasteiger partial charge in [0.05, 0.1) is 6.10 Å². The van der Waals surface area contributed by atoms with Crippen molar-refractivity contribution in [3.8, 4) is 0 Å². The first-order valence-electron chi connectivity index (χ1n) is 5.01. The van der Waals surface area contributed by atoms with Crippen molar-refractivity contribution in [3.63, 3.8) is 0 Å². The Morgan fingerprint density at radius 3 is 2.94 bits per heavy atom. The summed E-state index contributed by atoms with van der Waals surface area (Å²) in [7, 11) is 1.63. The average Bonchev–Trinajstić information content (AvgIpc) is 2.61. The van der Waals surface area contributed by atoms with E-state index < -0.39 is 6.10 Å². The zero-order valence-electron chi connectivity index (χ0n) is 9.41. The summed E-state index contributed by atoms with van der Waals surface area (Å²) in [6.45, 7) is 1.69. The zero-order valence-corrected chi connectivity index (χ0v) is 10.2. The van der Waals surface area contributed by atoms with E-state index in [1.54, 1.807) is 32.3 Å². The third-order valence-electron chi connectivity index (χ3n) is 2.28. The first-order valence-corrected chi connectivity index (χ1v) is 5.83. The normalized spacial score (nSPS) is 12.6. The van der Waals surface area contributed by atoms with Crippen molar-refractivity contribution in [2.24, 2.45) is 7.05 Å². The summed E-state index contributed by atoms with van der Waals surface area (Å²) in [5.41, 5.74) is 0.516. The van der Waals surface area contributed by atoms with Crippen molar-refractivity contribution in [2.75, 3.05) is 0 Å². The van der Waals surface area contributed by atoms with E-state index in [2.05, 4.69) is 15.2 Å². The van der Waals surface area contributed by atoms with Crippen LogP contribution in [0, 0.1) is 0 Å². The molecule has 2 aromatic rings. The Morgan fingerprint density at radius 1 is 1.59 bits per heavy atom. The van der Waals surface area contributed by atoms with Crippen LogP contribution in [0.2, 0.25) is 0 Å². The Morgan fingerprint density at radius 2 is 2.35 bits per heavy atom. The van der Waals surface area contributed by atoms with Crippen molar-refractivity contribution in [2.45, 2.75) is 23.2 Å². The highest BCUT2D eigenvalue weighted by atomic mass is 32.2. The van der Waals surface area contributed by atoms with Crippen molar-refractivity contribution in [1.29, 1.82) is 0 Å². The second-order valence-corrected chi connectivity index (χ2v) is 4.56. The van der Waals surface area contributed by atoms with Crippen LogP contribution in [-0.2, 0) is 7.05 Å². The van der Waals surface area contributed by atoms with Crippen LogP contribution in [0.25, 0.3) is 0 Å². The highest BCUT2D eigenvalue weighted by Gasteiger charge is 2.09. The maximum atomic E-state index is 11.2. The number of aromatic nitrogens is 4. The van der Waals surface area contributed by atoms with E-state index in [1.807, 2.05) is 0 Å². The van der Waals surface area contributed by atoms with Crippen molar-refractivity contribution in [1.82, 2.24) is 19.7 Å². The highest BCUT2D eigenvalue weighted by molar-refractivity contribution is 7.99. The Kier molecular flexibility index (Phi) is 3.30. The van der Waals surface area contributed by atoms with E-state index in [0.29, 0.717) is 10.2 Å². The van der Waals surface area contributed by atoms with Crippen LogP contribution in [0.4, 0.5) is 0 Å². The smallest absolute Gasteiger partial charge is 0.343 e. The van der Waals surface area contributed by atoms with Gasteiger partial charge in [-0.25, -0.2) is 14.9 Å². The molecule has 0 aromatic carbocycles. The lowest BCUT2D eigenvalue weighted by atomic mass is 10.2. The maximum Gasteiger partial charge on any atom is 0.343 e. The molecule has 0 aliphatic carbocycles.